The smallest absolute Gasteiger partial charge is 0.185 e. The molecular weight excluding hydrogens is 267 g/mol. The van der Waals surface area contributed by atoms with Crippen LogP contribution >= 0.6 is 11.6 Å². The van der Waals surface area contributed by atoms with E-state index in [0.29, 0.717) is 11.3 Å². The van der Waals surface area contributed by atoms with Gasteiger partial charge in [0.15, 0.2) is 5.78 Å². The summed E-state index contributed by atoms with van der Waals surface area (Å²) < 4.78 is 15.4. The second-order valence-electron chi connectivity index (χ2n) is 4.57. The Balaban J connectivity index is 2.26. The van der Waals surface area contributed by atoms with Gasteiger partial charge in [0.05, 0.1) is 5.02 Å². The van der Waals surface area contributed by atoms with Crippen LogP contribution < -0.4 is 0 Å². The molecule has 0 aliphatic rings. The van der Waals surface area contributed by atoms with E-state index in [0.717, 1.165) is 0 Å². The molecule has 1 aromatic heterocycles. The summed E-state index contributed by atoms with van der Waals surface area (Å²) in [6.45, 7) is 3.87. The highest BCUT2D eigenvalue weighted by Crippen LogP contribution is 2.20. The van der Waals surface area contributed by atoms with Gasteiger partial charge in [0.25, 0.3) is 0 Å². The highest BCUT2D eigenvalue weighted by Gasteiger charge is 2.17. The molecule has 0 saturated carbocycles. The molecule has 0 unspecified atom stereocenters. The van der Waals surface area contributed by atoms with Crippen LogP contribution in [0.5, 0.6) is 0 Å². The number of Topliss-reactive ketones (excluding diaryl/α,β-unsaturated/α-hetero) is 1. The van der Waals surface area contributed by atoms with Crippen LogP contribution in [-0.4, -0.2) is 15.6 Å². The number of hydrogen-bond acceptors (Lipinski definition) is 2. The summed E-state index contributed by atoms with van der Waals surface area (Å²) in [5.74, 6) is -0.708. The van der Waals surface area contributed by atoms with Gasteiger partial charge in [0.2, 0.25) is 0 Å². The number of carbonyl (C=O) groups excluding carboxylic acids is 1. The zero-order valence-electron chi connectivity index (χ0n) is 10.7. The normalized spacial score (nSPS) is 11.0. The van der Waals surface area contributed by atoms with Crippen molar-refractivity contribution in [3.05, 3.63) is 52.6 Å². The van der Waals surface area contributed by atoms with Gasteiger partial charge in [-0.25, -0.2) is 4.39 Å². The summed E-state index contributed by atoms with van der Waals surface area (Å²) in [4.78, 5) is 12.2. The van der Waals surface area contributed by atoms with Gasteiger partial charge in [-0.2, -0.15) is 5.10 Å². The Morgan fingerprint density at radius 2 is 2.16 bits per heavy atom. The first kappa shape index (κ1) is 13.7. The molecule has 19 heavy (non-hydrogen) atoms. The third kappa shape index (κ3) is 2.84. The summed E-state index contributed by atoms with van der Waals surface area (Å²) in [6, 6.07) is 6.38. The van der Waals surface area contributed by atoms with Gasteiger partial charge in [-0.05, 0) is 31.5 Å². The van der Waals surface area contributed by atoms with E-state index in [1.807, 2.05) is 13.8 Å². The zero-order chi connectivity index (χ0) is 14.0. The average Bonchev–Trinajstić information content (AvgIpc) is 2.84. The number of hydrogen-bond donors (Lipinski definition) is 0. The number of aromatic nitrogens is 2. The fourth-order valence-electron chi connectivity index (χ4n) is 1.90. The van der Waals surface area contributed by atoms with Gasteiger partial charge in [-0.15, -0.1) is 0 Å². The third-order valence-electron chi connectivity index (χ3n) is 2.83. The second kappa shape index (κ2) is 5.53. The minimum absolute atomic E-state index is 0.0230. The first-order chi connectivity index (χ1) is 9.00. The maximum Gasteiger partial charge on any atom is 0.185 e. The van der Waals surface area contributed by atoms with E-state index < -0.39 is 5.82 Å². The molecule has 1 aromatic carbocycles. The van der Waals surface area contributed by atoms with Gasteiger partial charge in [-0.1, -0.05) is 23.7 Å². The quantitative estimate of drug-likeness (QED) is 0.801. The molecule has 5 heteroatoms. The molecule has 0 saturated heterocycles. The Kier molecular flexibility index (Phi) is 4.00. The maximum atomic E-state index is 13.8. The van der Waals surface area contributed by atoms with Crippen LogP contribution in [-0.2, 0) is 6.42 Å². The first-order valence-corrected chi connectivity index (χ1v) is 6.38. The van der Waals surface area contributed by atoms with E-state index in [1.54, 1.807) is 29.1 Å². The van der Waals surface area contributed by atoms with Gasteiger partial charge < -0.3 is 0 Å². The molecule has 0 radical (unpaired) electrons. The van der Waals surface area contributed by atoms with Crippen LogP contribution in [0.15, 0.2) is 30.5 Å². The SMILES string of the molecule is CC(C)n1nccc1C(=O)Cc1cccc(Cl)c1F. The lowest BCUT2D eigenvalue weighted by Gasteiger charge is -2.10. The summed E-state index contributed by atoms with van der Waals surface area (Å²) in [6.07, 6.45) is 1.55. The second-order valence-corrected chi connectivity index (χ2v) is 4.97. The fourth-order valence-corrected chi connectivity index (χ4v) is 2.09. The molecule has 1 heterocycles. The van der Waals surface area contributed by atoms with Crippen LogP contribution in [0.2, 0.25) is 5.02 Å². The predicted molar refractivity (Wildman–Crippen MR) is 72.1 cm³/mol. The zero-order valence-corrected chi connectivity index (χ0v) is 11.5. The lowest BCUT2D eigenvalue weighted by molar-refractivity contribution is 0.0979. The summed E-state index contributed by atoms with van der Waals surface area (Å²) >= 11 is 5.70. The highest BCUT2D eigenvalue weighted by atomic mass is 35.5. The van der Waals surface area contributed by atoms with Gasteiger partial charge in [0, 0.05) is 18.7 Å². The lowest BCUT2D eigenvalue weighted by Crippen LogP contribution is -2.14. The Morgan fingerprint density at radius 1 is 1.42 bits per heavy atom. The van der Waals surface area contributed by atoms with Crippen LogP contribution in [0.4, 0.5) is 4.39 Å². The summed E-state index contributed by atoms with van der Waals surface area (Å²) in [5.41, 5.74) is 0.781. The van der Waals surface area contributed by atoms with Crippen molar-refractivity contribution in [3.63, 3.8) is 0 Å². The first-order valence-electron chi connectivity index (χ1n) is 6.00. The summed E-state index contributed by atoms with van der Waals surface area (Å²) in [7, 11) is 0. The largest absolute Gasteiger partial charge is 0.292 e. The number of nitrogens with zero attached hydrogens (tertiary/aromatic N) is 2. The molecule has 0 atom stereocenters. The molecule has 0 fully saturated rings. The van der Waals surface area contributed by atoms with E-state index in [-0.39, 0.29) is 23.3 Å². The topological polar surface area (TPSA) is 34.9 Å². The molecule has 2 rings (SSSR count). The molecule has 0 amide bonds. The molecule has 0 spiro atoms. The van der Waals surface area contributed by atoms with Crippen molar-refractivity contribution < 1.29 is 9.18 Å². The van der Waals surface area contributed by atoms with Crippen molar-refractivity contribution in [2.45, 2.75) is 26.3 Å². The molecule has 0 aliphatic heterocycles. The van der Waals surface area contributed by atoms with Crippen molar-refractivity contribution in [3.8, 4) is 0 Å². The minimum atomic E-state index is -0.534. The van der Waals surface area contributed by atoms with Crippen molar-refractivity contribution in [2.24, 2.45) is 0 Å². The maximum absolute atomic E-state index is 13.8. The van der Waals surface area contributed by atoms with E-state index in [2.05, 4.69) is 5.10 Å². The Bertz CT molecular complexity index is 607. The monoisotopic (exact) mass is 280 g/mol. The van der Waals surface area contributed by atoms with Crippen LogP contribution in [0.3, 0.4) is 0 Å². The molecule has 0 bridgehead atoms. The van der Waals surface area contributed by atoms with Crippen molar-refractivity contribution >= 4 is 17.4 Å². The van der Waals surface area contributed by atoms with Crippen molar-refractivity contribution in [2.75, 3.05) is 0 Å². The standard InChI is InChI=1S/C14H14ClFN2O/c1-9(2)18-12(6-7-17-18)13(19)8-10-4-3-5-11(15)14(10)16/h3-7,9H,8H2,1-2H3. The van der Waals surface area contributed by atoms with Crippen LogP contribution in [0.25, 0.3) is 0 Å². The number of carbonyl (C=O) groups is 1. The van der Waals surface area contributed by atoms with E-state index >= 15 is 0 Å². The van der Waals surface area contributed by atoms with Gasteiger partial charge in [0.1, 0.15) is 11.5 Å². The Hall–Kier alpha value is -1.68. The predicted octanol–water partition coefficient (Wildman–Crippen LogP) is 3.68. The van der Waals surface area contributed by atoms with Gasteiger partial charge >= 0.3 is 0 Å². The number of benzene rings is 1. The number of ketones is 1. The number of halogens is 2. The summed E-state index contributed by atoms with van der Waals surface area (Å²) in [5, 5.41) is 4.12. The molecule has 0 N–H and O–H groups in total. The third-order valence-corrected chi connectivity index (χ3v) is 3.12. The Morgan fingerprint density at radius 3 is 2.84 bits per heavy atom. The molecule has 3 nitrogen and oxygen atoms in total. The van der Waals surface area contributed by atoms with E-state index in [9.17, 15) is 9.18 Å². The minimum Gasteiger partial charge on any atom is -0.292 e. The van der Waals surface area contributed by atoms with Gasteiger partial charge in [-0.3, -0.25) is 9.48 Å². The Labute approximate surface area is 116 Å². The molecule has 0 aliphatic carbocycles. The average molecular weight is 281 g/mol. The fraction of sp³-hybridized carbons (Fsp3) is 0.286. The molecule has 2 aromatic rings. The number of rotatable bonds is 4. The molecular formula is C14H14ClFN2O. The van der Waals surface area contributed by atoms with Crippen molar-refractivity contribution in [1.29, 1.82) is 0 Å². The van der Waals surface area contributed by atoms with E-state index in [4.69, 9.17) is 11.6 Å². The van der Waals surface area contributed by atoms with Crippen LogP contribution in [0.1, 0.15) is 35.9 Å². The lowest BCUT2D eigenvalue weighted by atomic mass is 10.1. The van der Waals surface area contributed by atoms with Crippen molar-refractivity contribution in [1.82, 2.24) is 9.78 Å². The van der Waals surface area contributed by atoms with E-state index in [1.165, 1.54) is 6.07 Å². The van der Waals surface area contributed by atoms with Crippen LogP contribution in [0, 0.1) is 5.82 Å². The molecule has 100 valence electrons. The highest BCUT2D eigenvalue weighted by molar-refractivity contribution is 6.30.